The van der Waals surface area contributed by atoms with Crippen LogP contribution >= 0.6 is 0 Å². The number of aryl methyl sites for hydroxylation is 1. The highest BCUT2D eigenvalue weighted by Crippen LogP contribution is 2.18. The van der Waals surface area contributed by atoms with Crippen LogP contribution < -0.4 is 5.32 Å². The molecule has 0 amide bonds. The van der Waals surface area contributed by atoms with Crippen molar-refractivity contribution < 1.29 is 0 Å². The summed E-state index contributed by atoms with van der Waals surface area (Å²) in [6, 6.07) is 8.33. The van der Waals surface area contributed by atoms with Crippen LogP contribution in [0.5, 0.6) is 0 Å². The van der Waals surface area contributed by atoms with Gasteiger partial charge in [-0.05, 0) is 43.5 Å². The highest BCUT2D eigenvalue weighted by atomic mass is 14.9. The Kier molecular flexibility index (Phi) is 3.74. The van der Waals surface area contributed by atoms with Gasteiger partial charge in [-0.15, -0.1) is 0 Å². The number of hydrogen-bond donors (Lipinski definition) is 1. The van der Waals surface area contributed by atoms with E-state index < -0.39 is 0 Å². The van der Waals surface area contributed by atoms with Crippen LogP contribution in [0.4, 0.5) is 5.69 Å². The van der Waals surface area contributed by atoms with E-state index in [-0.39, 0.29) is 0 Å². The van der Waals surface area contributed by atoms with Gasteiger partial charge < -0.3 is 5.32 Å². The zero-order chi connectivity index (χ0) is 11.4. The molecule has 0 aromatic heterocycles. The van der Waals surface area contributed by atoms with Gasteiger partial charge in [-0.2, -0.15) is 5.26 Å². The molecule has 0 saturated carbocycles. The topological polar surface area (TPSA) is 35.8 Å². The second kappa shape index (κ2) is 4.84. The molecule has 80 valence electrons. The molecule has 0 aliphatic heterocycles. The molecule has 2 nitrogen and oxygen atoms in total. The molecule has 0 fully saturated rings. The van der Waals surface area contributed by atoms with Crippen molar-refractivity contribution in [2.45, 2.75) is 33.7 Å². The van der Waals surface area contributed by atoms with E-state index in [1.165, 1.54) is 0 Å². The summed E-state index contributed by atoms with van der Waals surface area (Å²) in [5.41, 5.74) is 2.96. The predicted octanol–water partition coefficient (Wildman–Crippen LogP) is 3.32. The number of nitriles is 1. The number of anilines is 1. The average Bonchev–Trinajstić information content (AvgIpc) is 2.20. The van der Waals surface area contributed by atoms with Gasteiger partial charge in [0, 0.05) is 11.7 Å². The second-order valence-electron chi connectivity index (χ2n) is 4.32. The van der Waals surface area contributed by atoms with E-state index in [1.54, 1.807) is 0 Å². The van der Waals surface area contributed by atoms with E-state index in [9.17, 15) is 0 Å². The van der Waals surface area contributed by atoms with Crippen molar-refractivity contribution in [1.82, 2.24) is 0 Å². The summed E-state index contributed by atoms with van der Waals surface area (Å²) in [5, 5.41) is 12.2. The molecule has 1 N–H and O–H groups in total. The summed E-state index contributed by atoms with van der Waals surface area (Å²) in [6.45, 7) is 8.58. The Labute approximate surface area is 91.9 Å². The lowest BCUT2D eigenvalue weighted by atomic mass is 10.0. The predicted molar refractivity (Wildman–Crippen MR) is 63.8 cm³/mol. The minimum absolute atomic E-state index is 0.441. The Morgan fingerprint density at radius 2 is 1.93 bits per heavy atom. The molecule has 1 aromatic carbocycles. The molecule has 0 saturated heterocycles. The molecule has 1 atom stereocenters. The maximum atomic E-state index is 8.75. The Morgan fingerprint density at radius 3 is 2.40 bits per heavy atom. The lowest BCUT2D eigenvalue weighted by molar-refractivity contribution is 0.560. The summed E-state index contributed by atoms with van der Waals surface area (Å²) in [5.74, 6) is 0.597. The Bertz CT molecular complexity index is 375. The van der Waals surface area contributed by atoms with Crippen molar-refractivity contribution in [2.24, 2.45) is 5.92 Å². The molecule has 15 heavy (non-hydrogen) atoms. The summed E-state index contributed by atoms with van der Waals surface area (Å²) < 4.78 is 0. The smallest absolute Gasteiger partial charge is 0.0991 e. The van der Waals surface area contributed by atoms with Gasteiger partial charge in [0.2, 0.25) is 0 Å². The molecule has 0 bridgehead atoms. The first-order valence-electron chi connectivity index (χ1n) is 5.32. The Balaban J connectivity index is 2.84. The molecule has 1 rings (SSSR count). The van der Waals surface area contributed by atoms with Crippen molar-refractivity contribution in [2.75, 3.05) is 5.32 Å². The van der Waals surface area contributed by atoms with Crippen molar-refractivity contribution in [1.29, 1.82) is 5.26 Å². The molecule has 0 aliphatic rings. The van der Waals surface area contributed by atoms with Crippen LogP contribution in [0, 0.1) is 24.2 Å². The molecular formula is C13H18N2. The molecule has 0 aliphatic carbocycles. The summed E-state index contributed by atoms with van der Waals surface area (Å²) >= 11 is 0. The van der Waals surface area contributed by atoms with E-state index in [1.807, 2.05) is 25.1 Å². The quantitative estimate of drug-likeness (QED) is 0.816. The third-order valence-corrected chi connectivity index (χ3v) is 2.74. The lowest BCUT2D eigenvalue weighted by Crippen LogP contribution is -2.21. The Morgan fingerprint density at radius 1 is 1.27 bits per heavy atom. The molecule has 0 radical (unpaired) electrons. The maximum absolute atomic E-state index is 8.75. The number of nitrogens with one attached hydrogen (secondary N) is 1. The zero-order valence-corrected chi connectivity index (χ0v) is 9.83. The maximum Gasteiger partial charge on any atom is 0.0991 e. The van der Waals surface area contributed by atoms with Crippen LogP contribution in [0.1, 0.15) is 31.9 Å². The number of nitrogens with zero attached hydrogens (tertiary/aromatic N) is 1. The fourth-order valence-electron chi connectivity index (χ4n) is 1.31. The summed E-state index contributed by atoms with van der Waals surface area (Å²) in [6.07, 6.45) is 0. The van der Waals surface area contributed by atoms with Crippen LogP contribution in [-0.2, 0) is 0 Å². The van der Waals surface area contributed by atoms with Crippen LogP contribution in [0.25, 0.3) is 0 Å². The molecule has 1 unspecified atom stereocenters. The van der Waals surface area contributed by atoms with E-state index in [0.717, 1.165) is 16.8 Å². The number of benzene rings is 1. The normalized spacial score (nSPS) is 12.3. The highest BCUT2D eigenvalue weighted by molar-refractivity contribution is 5.54. The molecule has 0 heterocycles. The van der Waals surface area contributed by atoms with Gasteiger partial charge in [0.1, 0.15) is 0 Å². The number of hydrogen-bond acceptors (Lipinski definition) is 2. The van der Waals surface area contributed by atoms with Gasteiger partial charge in [0.05, 0.1) is 11.6 Å². The highest BCUT2D eigenvalue weighted by Gasteiger charge is 2.08. The van der Waals surface area contributed by atoms with Crippen LogP contribution in [0.3, 0.4) is 0 Å². The minimum atomic E-state index is 0.441. The third-order valence-electron chi connectivity index (χ3n) is 2.74. The van der Waals surface area contributed by atoms with E-state index in [4.69, 9.17) is 5.26 Å². The van der Waals surface area contributed by atoms with Crippen molar-refractivity contribution in [3.05, 3.63) is 29.3 Å². The third kappa shape index (κ3) is 2.99. The second-order valence-corrected chi connectivity index (χ2v) is 4.32. The fourth-order valence-corrected chi connectivity index (χ4v) is 1.31. The van der Waals surface area contributed by atoms with E-state index in [2.05, 4.69) is 32.2 Å². The van der Waals surface area contributed by atoms with Crippen LogP contribution in [0.2, 0.25) is 0 Å². The first kappa shape index (κ1) is 11.6. The van der Waals surface area contributed by atoms with Crippen molar-refractivity contribution >= 4 is 5.69 Å². The molecule has 1 aromatic rings. The SMILES string of the molecule is Cc1cc(C#N)ccc1NC(C)C(C)C. The first-order valence-corrected chi connectivity index (χ1v) is 5.32. The molecule has 0 spiro atoms. The van der Waals surface area contributed by atoms with Gasteiger partial charge >= 0.3 is 0 Å². The molecular weight excluding hydrogens is 184 g/mol. The largest absolute Gasteiger partial charge is 0.382 e. The van der Waals surface area contributed by atoms with Gasteiger partial charge in [0.25, 0.3) is 0 Å². The van der Waals surface area contributed by atoms with Gasteiger partial charge in [0.15, 0.2) is 0 Å². The lowest BCUT2D eigenvalue weighted by Gasteiger charge is -2.20. The average molecular weight is 202 g/mol. The van der Waals surface area contributed by atoms with Gasteiger partial charge in [-0.25, -0.2) is 0 Å². The zero-order valence-electron chi connectivity index (χ0n) is 9.83. The monoisotopic (exact) mass is 202 g/mol. The van der Waals surface area contributed by atoms with Gasteiger partial charge in [-0.1, -0.05) is 13.8 Å². The standard InChI is InChI=1S/C13H18N2/c1-9(2)11(4)15-13-6-5-12(8-14)7-10(13)3/h5-7,9,11,15H,1-4H3. The Hall–Kier alpha value is -1.49. The molecule has 2 heteroatoms. The summed E-state index contributed by atoms with van der Waals surface area (Å²) in [7, 11) is 0. The van der Waals surface area contributed by atoms with Crippen LogP contribution in [-0.4, -0.2) is 6.04 Å². The van der Waals surface area contributed by atoms with E-state index in [0.29, 0.717) is 12.0 Å². The fraction of sp³-hybridized carbons (Fsp3) is 0.462. The number of rotatable bonds is 3. The first-order chi connectivity index (χ1) is 7.04. The van der Waals surface area contributed by atoms with Crippen LogP contribution in [0.15, 0.2) is 18.2 Å². The summed E-state index contributed by atoms with van der Waals surface area (Å²) in [4.78, 5) is 0. The van der Waals surface area contributed by atoms with E-state index >= 15 is 0 Å². The van der Waals surface area contributed by atoms with Crippen molar-refractivity contribution in [3.63, 3.8) is 0 Å². The van der Waals surface area contributed by atoms with Crippen molar-refractivity contribution in [3.8, 4) is 6.07 Å². The van der Waals surface area contributed by atoms with Gasteiger partial charge in [-0.3, -0.25) is 0 Å². The minimum Gasteiger partial charge on any atom is -0.382 e.